The average Bonchev–Trinajstić information content (AvgIpc) is 3.07. The van der Waals surface area contributed by atoms with E-state index in [4.69, 9.17) is 4.98 Å². The van der Waals surface area contributed by atoms with Crippen LogP contribution >= 0.6 is 11.3 Å². The number of hydrogen-bond donors (Lipinski definition) is 0. The highest BCUT2D eigenvalue weighted by Crippen LogP contribution is 2.19. The highest BCUT2D eigenvalue weighted by Gasteiger charge is 2.18. The molecule has 7 heteroatoms. The fourth-order valence-corrected chi connectivity index (χ4v) is 3.99. The summed E-state index contributed by atoms with van der Waals surface area (Å²) in [5, 5.41) is 3.80. The molecule has 0 bridgehead atoms. The van der Waals surface area contributed by atoms with E-state index in [-0.39, 0.29) is 5.56 Å². The molecule has 1 aliphatic rings. The molecule has 1 fully saturated rings. The standard InChI is InChI=1S/C18H21N5OS/c1-21-16(20-15-6-3-2-5-14(15)17(21)24)13-22-8-4-9-23(11-10-22)18-19-7-12-25-18/h2-3,5-7,12H,4,8-11,13H2,1H3. The molecule has 4 rings (SSSR count). The summed E-state index contributed by atoms with van der Waals surface area (Å²) in [5.74, 6) is 0.825. The zero-order chi connectivity index (χ0) is 17.2. The lowest BCUT2D eigenvalue weighted by atomic mass is 10.2. The van der Waals surface area contributed by atoms with Crippen LogP contribution in [0.15, 0.2) is 40.6 Å². The second-order valence-electron chi connectivity index (χ2n) is 6.34. The first-order chi connectivity index (χ1) is 12.2. The monoisotopic (exact) mass is 355 g/mol. The Bertz CT molecular complexity index is 921. The van der Waals surface area contributed by atoms with Crippen molar-refractivity contribution in [3.05, 3.63) is 52.0 Å². The Morgan fingerprint density at radius 1 is 1.16 bits per heavy atom. The van der Waals surface area contributed by atoms with Crippen LogP contribution in [0.3, 0.4) is 0 Å². The van der Waals surface area contributed by atoms with E-state index >= 15 is 0 Å². The first kappa shape index (κ1) is 16.2. The van der Waals surface area contributed by atoms with Crippen molar-refractivity contribution in [2.75, 3.05) is 31.1 Å². The zero-order valence-corrected chi connectivity index (χ0v) is 15.1. The van der Waals surface area contributed by atoms with Gasteiger partial charge in [0.15, 0.2) is 5.13 Å². The van der Waals surface area contributed by atoms with Gasteiger partial charge in [0.05, 0.1) is 17.4 Å². The number of nitrogens with zero attached hydrogens (tertiary/aromatic N) is 5. The van der Waals surface area contributed by atoms with Gasteiger partial charge >= 0.3 is 0 Å². The molecule has 0 amide bonds. The van der Waals surface area contributed by atoms with Crippen molar-refractivity contribution in [1.82, 2.24) is 19.4 Å². The van der Waals surface area contributed by atoms with Crippen LogP contribution in [-0.4, -0.2) is 45.6 Å². The van der Waals surface area contributed by atoms with Crippen LogP contribution in [0, 0.1) is 0 Å². The van der Waals surface area contributed by atoms with Crippen LogP contribution < -0.4 is 10.5 Å². The molecule has 130 valence electrons. The summed E-state index contributed by atoms with van der Waals surface area (Å²) in [5.41, 5.74) is 0.805. The van der Waals surface area contributed by atoms with Crippen molar-refractivity contribution in [2.24, 2.45) is 7.05 Å². The van der Waals surface area contributed by atoms with E-state index < -0.39 is 0 Å². The summed E-state index contributed by atoms with van der Waals surface area (Å²) in [6, 6.07) is 7.56. The third kappa shape index (κ3) is 3.29. The topological polar surface area (TPSA) is 54.3 Å². The average molecular weight is 355 g/mol. The number of rotatable bonds is 3. The van der Waals surface area contributed by atoms with Gasteiger partial charge in [-0.25, -0.2) is 9.97 Å². The minimum absolute atomic E-state index is 0.0276. The third-order valence-electron chi connectivity index (χ3n) is 4.72. The number of hydrogen-bond acceptors (Lipinski definition) is 6. The number of thiazole rings is 1. The van der Waals surface area contributed by atoms with Gasteiger partial charge in [-0.2, -0.15) is 0 Å². The Kier molecular flexibility index (Phi) is 4.50. The van der Waals surface area contributed by atoms with Crippen LogP contribution in [0.25, 0.3) is 10.9 Å². The lowest BCUT2D eigenvalue weighted by Gasteiger charge is -2.22. The van der Waals surface area contributed by atoms with Gasteiger partial charge < -0.3 is 4.90 Å². The summed E-state index contributed by atoms with van der Waals surface area (Å²) in [4.78, 5) is 26.4. The second-order valence-corrected chi connectivity index (χ2v) is 7.21. The molecule has 0 saturated carbocycles. The number of anilines is 1. The molecule has 1 aliphatic heterocycles. The Hall–Kier alpha value is -2.25. The molecule has 6 nitrogen and oxygen atoms in total. The van der Waals surface area contributed by atoms with E-state index in [1.807, 2.05) is 42.9 Å². The fraction of sp³-hybridized carbons (Fsp3) is 0.389. The maximum atomic E-state index is 12.6. The lowest BCUT2D eigenvalue weighted by molar-refractivity contribution is 0.274. The molecule has 0 spiro atoms. The predicted molar refractivity (Wildman–Crippen MR) is 101 cm³/mol. The summed E-state index contributed by atoms with van der Waals surface area (Å²) < 4.78 is 1.69. The Balaban J connectivity index is 1.53. The van der Waals surface area contributed by atoms with Crippen molar-refractivity contribution in [2.45, 2.75) is 13.0 Å². The molecule has 0 N–H and O–H groups in total. The van der Waals surface area contributed by atoms with E-state index in [0.29, 0.717) is 11.9 Å². The van der Waals surface area contributed by atoms with E-state index in [1.54, 1.807) is 15.9 Å². The molecule has 0 aliphatic carbocycles. The minimum Gasteiger partial charge on any atom is -0.347 e. The Morgan fingerprint density at radius 2 is 2.04 bits per heavy atom. The van der Waals surface area contributed by atoms with Crippen LogP contribution in [0.2, 0.25) is 0 Å². The first-order valence-corrected chi connectivity index (χ1v) is 9.42. The Labute approximate surface area is 150 Å². The smallest absolute Gasteiger partial charge is 0.261 e. The summed E-state index contributed by atoms with van der Waals surface area (Å²) in [6.45, 7) is 4.62. The molecule has 0 unspecified atom stereocenters. The molecule has 1 saturated heterocycles. The minimum atomic E-state index is 0.0276. The fourth-order valence-electron chi connectivity index (χ4n) is 3.30. The van der Waals surface area contributed by atoms with E-state index in [2.05, 4.69) is 14.8 Å². The number of benzene rings is 1. The normalized spacial score (nSPS) is 16.3. The van der Waals surface area contributed by atoms with Gasteiger partial charge in [-0.15, -0.1) is 11.3 Å². The Morgan fingerprint density at radius 3 is 2.88 bits per heavy atom. The molecule has 25 heavy (non-hydrogen) atoms. The predicted octanol–water partition coefficient (Wildman–Crippen LogP) is 2.10. The van der Waals surface area contributed by atoms with Gasteiger partial charge in [0.2, 0.25) is 0 Å². The van der Waals surface area contributed by atoms with E-state index in [9.17, 15) is 4.79 Å². The molecular weight excluding hydrogens is 334 g/mol. The molecule has 0 atom stereocenters. The number of para-hydroxylation sites is 1. The lowest BCUT2D eigenvalue weighted by Crippen LogP contribution is -2.33. The van der Waals surface area contributed by atoms with Crippen molar-refractivity contribution in [3.63, 3.8) is 0 Å². The largest absolute Gasteiger partial charge is 0.347 e. The summed E-state index contributed by atoms with van der Waals surface area (Å²) >= 11 is 1.69. The van der Waals surface area contributed by atoms with Crippen LogP contribution in [0.5, 0.6) is 0 Å². The van der Waals surface area contributed by atoms with Crippen LogP contribution in [0.1, 0.15) is 12.2 Å². The first-order valence-electron chi connectivity index (χ1n) is 8.54. The third-order valence-corrected chi connectivity index (χ3v) is 5.55. The van der Waals surface area contributed by atoms with Crippen molar-refractivity contribution in [1.29, 1.82) is 0 Å². The molecular formula is C18H21N5OS. The van der Waals surface area contributed by atoms with Crippen LogP contribution in [-0.2, 0) is 13.6 Å². The SMILES string of the molecule is Cn1c(CN2CCCN(c3nccs3)CC2)nc2ccccc2c1=O. The second kappa shape index (κ2) is 6.93. The quantitative estimate of drug-likeness (QED) is 0.720. The summed E-state index contributed by atoms with van der Waals surface area (Å²) in [6.07, 6.45) is 2.94. The number of aromatic nitrogens is 3. The molecule has 0 radical (unpaired) electrons. The van der Waals surface area contributed by atoms with Crippen molar-refractivity contribution in [3.8, 4) is 0 Å². The molecule has 2 aromatic heterocycles. The van der Waals surface area contributed by atoms with Crippen molar-refractivity contribution < 1.29 is 0 Å². The van der Waals surface area contributed by atoms with Crippen molar-refractivity contribution >= 4 is 27.4 Å². The molecule has 3 aromatic rings. The number of fused-ring (bicyclic) bond motifs is 1. The van der Waals surface area contributed by atoms with Gasteiger partial charge in [-0.1, -0.05) is 12.1 Å². The molecule has 1 aromatic carbocycles. The van der Waals surface area contributed by atoms with Crippen LogP contribution in [0.4, 0.5) is 5.13 Å². The van der Waals surface area contributed by atoms with Gasteiger partial charge in [-0.05, 0) is 18.6 Å². The van der Waals surface area contributed by atoms with Gasteiger partial charge in [0.25, 0.3) is 5.56 Å². The maximum absolute atomic E-state index is 12.6. The zero-order valence-electron chi connectivity index (χ0n) is 14.3. The van der Waals surface area contributed by atoms with E-state index in [0.717, 1.165) is 49.1 Å². The highest BCUT2D eigenvalue weighted by atomic mass is 32.1. The van der Waals surface area contributed by atoms with Gasteiger partial charge in [0, 0.05) is 44.8 Å². The van der Waals surface area contributed by atoms with Gasteiger partial charge in [-0.3, -0.25) is 14.3 Å². The summed E-state index contributed by atoms with van der Waals surface area (Å²) in [7, 11) is 1.82. The molecule has 3 heterocycles. The highest BCUT2D eigenvalue weighted by molar-refractivity contribution is 7.13. The van der Waals surface area contributed by atoms with E-state index in [1.165, 1.54) is 0 Å². The van der Waals surface area contributed by atoms with Gasteiger partial charge in [0.1, 0.15) is 5.82 Å². The maximum Gasteiger partial charge on any atom is 0.261 e.